The molecule has 2 heterocycles. The van der Waals surface area contributed by atoms with Crippen LogP contribution in [-0.4, -0.2) is 34.6 Å². The van der Waals surface area contributed by atoms with Gasteiger partial charge in [-0.2, -0.15) is 5.10 Å². The molecule has 2 bridgehead atoms. The van der Waals surface area contributed by atoms with Gasteiger partial charge in [0, 0.05) is 6.07 Å². The molecular weight excluding hydrogens is 306 g/mol. The maximum atomic E-state index is 12.6. The maximum Gasteiger partial charge on any atom is 0.270 e. The Balaban J connectivity index is 2.00. The summed E-state index contributed by atoms with van der Waals surface area (Å²) in [4.78, 5) is 23.8. The van der Waals surface area contributed by atoms with E-state index in [4.69, 9.17) is 4.74 Å². The summed E-state index contributed by atoms with van der Waals surface area (Å²) in [5.41, 5.74) is 1.90. The summed E-state index contributed by atoms with van der Waals surface area (Å²) in [6.07, 6.45) is 4.17. The van der Waals surface area contributed by atoms with Crippen molar-refractivity contribution in [2.45, 2.75) is 38.6 Å². The average Bonchev–Trinajstić information content (AvgIpc) is 2.98. The Labute approximate surface area is 140 Å². The number of benzene rings is 1. The average molecular weight is 327 g/mol. The van der Waals surface area contributed by atoms with Crippen molar-refractivity contribution in [3.63, 3.8) is 0 Å². The summed E-state index contributed by atoms with van der Waals surface area (Å²) in [7, 11) is 0. The lowest BCUT2D eigenvalue weighted by atomic mass is 10.1. The molecule has 126 valence electrons. The van der Waals surface area contributed by atoms with Crippen molar-refractivity contribution in [3.8, 4) is 11.4 Å². The predicted molar refractivity (Wildman–Crippen MR) is 89.6 cm³/mol. The van der Waals surface area contributed by atoms with E-state index in [1.54, 1.807) is 10.7 Å². The van der Waals surface area contributed by atoms with E-state index in [-0.39, 0.29) is 5.91 Å². The van der Waals surface area contributed by atoms with Crippen LogP contribution in [0, 0.1) is 6.92 Å². The number of rotatable bonds is 1. The molecule has 1 atom stereocenters. The molecule has 1 aromatic heterocycles. The summed E-state index contributed by atoms with van der Waals surface area (Å²) in [6.45, 7) is 2.46. The maximum absolute atomic E-state index is 12.6. The van der Waals surface area contributed by atoms with Crippen LogP contribution in [0.15, 0.2) is 30.3 Å². The summed E-state index contributed by atoms with van der Waals surface area (Å²) in [5, 5.41) is 7.21. The third-order valence-corrected chi connectivity index (χ3v) is 4.04. The van der Waals surface area contributed by atoms with Gasteiger partial charge in [-0.25, -0.2) is 4.68 Å². The molecule has 6 nitrogen and oxygen atoms in total. The number of carbonyl (C=O) groups is 2. The first-order chi connectivity index (χ1) is 11.7. The molecule has 2 aromatic rings. The molecular formula is C18H21N3O3. The van der Waals surface area contributed by atoms with Crippen LogP contribution in [0.1, 0.15) is 41.9 Å². The van der Waals surface area contributed by atoms with E-state index >= 15 is 0 Å². The highest BCUT2D eigenvalue weighted by Crippen LogP contribution is 2.20. The fourth-order valence-corrected chi connectivity index (χ4v) is 2.81. The highest BCUT2D eigenvalue weighted by molar-refractivity contribution is 5.94. The quantitative estimate of drug-likeness (QED) is 0.817. The van der Waals surface area contributed by atoms with E-state index < -0.39 is 6.04 Å². The van der Waals surface area contributed by atoms with Gasteiger partial charge in [-0.1, -0.05) is 12.5 Å². The van der Waals surface area contributed by atoms with E-state index in [1.807, 2.05) is 31.2 Å². The van der Waals surface area contributed by atoms with Crippen LogP contribution < -0.4 is 10.1 Å². The number of nitrogens with zero attached hydrogens (tertiary/aromatic N) is 2. The van der Waals surface area contributed by atoms with E-state index in [0.29, 0.717) is 18.7 Å². The lowest BCUT2D eigenvalue weighted by Crippen LogP contribution is -2.37. The molecule has 1 aliphatic heterocycles. The first-order valence-electron chi connectivity index (χ1n) is 8.23. The zero-order valence-corrected chi connectivity index (χ0v) is 13.7. The number of aryl methyl sites for hydroxylation is 1. The Bertz CT molecular complexity index is 739. The lowest BCUT2D eigenvalue weighted by Gasteiger charge is -2.15. The minimum Gasteiger partial charge on any atom is -0.494 e. The second-order valence-electron chi connectivity index (χ2n) is 5.99. The van der Waals surface area contributed by atoms with Crippen LogP contribution in [-0.2, 0) is 4.79 Å². The van der Waals surface area contributed by atoms with Crippen LogP contribution in [0.5, 0.6) is 5.75 Å². The largest absolute Gasteiger partial charge is 0.494 e. The van der Waals surface area contributed by atoms with Crippen molar-refractivity contribution in [2.24, 2.45) is 0 Å². The van der Waals surface area contributed by atoms with E-state index in [9.17, 15) is 9.59 Å². The Kier molecular flexibility index (Phi) is 4.93. The van der Waals surface area contributed by atoms with Crippen molar-refractivity contribution in [3.05, 3.63) is 41.7 Å². The van der Waals surface area contributed by atoms with E-state index in [2.05, 4.69) is 10.4 Å². The molecule has 1 unspecified atom stereocenters. The number of aldehydes is 1. The topological polar surface area (TPSA) is 73.2 Å². The number of ether oxygens (including phenoxy) is 1. The van der Waals surface area contributed by atoms with Gasteiger partial charge in [-0.05, 0) is 44.4 Å². The van der Waals surface area contributed by atoms with Crippen LogP contribution in [0.25, 0.3) is 5.69 Å². The minimum atomic E-state index is -0.476. The molecule has 1 aliphatic rings. The monoisotopic (exact) mass is 327 g/mol. The van der Waals surface area contributed by atoms with Crippen molar-refractivity contribution in [2.75, 3.05) is 6.61 Å². The Morgan fingerprint density at radius 3 is 3.00 bits per heavy atom. The van der Waals surface area contributed by atoms with Gasteiger partial charge in [0.2, 0.25) is 0 Å². The molecule has 0 radical (unpaired) electrons. The summed E-state index contributed by atoms with van der Waals surface area (Å²) in [5.74, 6) is 0.464. The number of nitrogens with one attached hydrogen (secondary N) is 1. The minimum absolute atomic E-state index is 0.295. The highest BCUT2D eigenvalue weighted by Gasteiger charge is 2.19. The number of aromatic nitrogens is 2. The summed E-state index contributed by atoms with van der Waals surface area (Å²) in [6, 6.07) is 8.76. The summed E-state index contributed by atoms with van der Waals surface area (Å²) < 4.78 is 7.37. The first kappa shape index (κ1) is 16.2. The lowest BCUT2D eigenvalue weighted by molar-refractivity contribution is -0.109. The molecule has 0 saturated carbocycles. The Morgan fingerprint density at radius 2 is 2.17 bits per heavy atom. The van der Waals surface area contributed by atoms with Crippen LogP contribution in [0.4, 0.5) is 0 Å². The van der Waals surface area contributed by atoms with Crippen LogP contribution in [0.3, 0.4) is 0 Å². The second kappa shape index (κ2) is 7.29. The SMILES string of the molecule is Cc1cc2n(n1)-c1cccc(c1)OCCCCCC(C=O)NC2=O. The predicted octanol–water partition coefficient (Wildman–Crippen LogP) is 2.43. The van der Waals surface area contributed by atoms with Crippen molar-refractivity contribution < 1.29 is 14.3 Å². The van der Waals surface area contributed by atoms with Crippen molar-refractivity contribution >= 4 is 12.2 Å². The molecule has 1 N–H and O–H groups in total. The molecule has 6 heteroatoms. The van der Waals surface area contributed by atoms with Crippen molar-refractivity contribution in [1.82, 2.24) is 15.1 Å². The summed E-state index contributed by atoms with van der Waals surface area (Å²) >= 11 is 0. The van der Waals surface area contributed by atoms with Gasteiger partial charge in [0.15, 0.2) is 0 Å². The first-order valence-corrected chi connectivity index (χ1v) is 8.23. The highest BCUT2D eigenvalue weighted by atomic mass is 16.5. The van der Waals surface area contributed by atoms with Gasteiger partial charge in [0.1, 0.15) is 17.7 Å². The number of hydrogen-bond acceptors (Lipinski definition) is 4. The smallest absolute Gasteiger partial charge is 0.270 e. The molecule has 0 fully saturated rings. The molecule has 0 spiro atoms. The van der Waals surface area contributed by atoms with Crippen molar-refractivity contribution in [1.29, 1.82) is 0 Å². The third kappa shape index (κ3) is 3.64. The molecule has 24 heavy (non-hydrogen) atoms. The zero-order chi connectivity index (χ0) is 16.9. The third-order valence-electron chi connectivity index (χ3n) is 4.04. The fraction of sp³-hybridized carbons (Fsp3) is 0.389. The van der Waals surface area contributed by atoms with Gasteiger partial charge in [-0.3, -0.25) is 4.79 Å². The van der Waals surface area contributed by atoms with E-state index in [0.717, 1.165) is 42.7 Å². The number of carbonyl (C=O) groups excluding carboxylic acids is 2. The number of amides is 1. The van der Waals surface area contributed by atoms with Gasteiger partial charge in [0.05, 0.1) is 24.0 Å². The molecule has 3 rings (SSSR count). The second-order valence-corrected chi connectivity index (χ2v) is 5.99. The zero-order valence-electron chi connectivity index (χ0n) is 13.7. The standard InChI is InChI=1S/C18H21N3O3/c1-13-10-17-18(23)19-14(12-22)6-3-2-4-9-24-16-8-5-7-15(11-16)21(17)20-13/h5,7-8,10-12,14H,2-4,6,9H2,1H3,(H,19,23). The number of fused-ring (bicyclic) bond motifs is 4. The molecule has 1 amide bonds. The Morgan fingerprint density at radius 1 is 1.29 bits per heavy atom. The fourth-order valence-electron chi connectivity index (χ4n) is 2.81. The van der Waals surface area contributed by atoms with Gasteiger partial charge < -0.3 is 14.8 Å². The molecule has 1 aromatic carbocycles. The van der Waals surface area contributed by atoms with Crippen LogP contribution in [0.2, 0.25) is 0 Å². The van der Waals surface area contributed by atoms with Gasteiger partial charge in [-0.15, -0.1) is 0 Å². The normalized spacial score (nSPS) is 18.7. The van der Waals surface area contributed by atoms with Gasteiger partial charge in [0.25, 0.3) is 5.91 Å². The number of hydrogen-bond donors (Lipinski definition) is 1. The van der Waals surface area contributed by atoms with E-state index in [1.165, 1.54) is 0 Å². The molecule has 0 aliphatic carbocycles. The van der Waals surface area contributed by atoms with Gasteiger partial charge >= 0.3 is 0 Å². The molecule has 0 saturated heterocycles. The van der Waals surface area contributed by atoms with Crippen LogP contribution >= 0.6 is 0 Å². The Hall–Kier alpha value is -2.63.